The summed E-state index contributed by atoms with van der Waals surface area (Å²) in [5, 5.41) is 30.0. The lowest BCUT2D eigenvalue weighted by atomic mass is 9.94. The SMILES string of the molecule is CC(O)(c1cccc(Cl)c1)c1ccc(C(=O)c2cncnc2N[C@@H]2C[C@H](COS(N)(=O)=O)[C@@H](O)C2)s1. The molecule has 2 aromatic heterocycles. The summed E-state index contributed by atoms with van der Waals surface area (Å²) in [6.07, 6.45) is 2.59. The van der Waals surface area contributed by atoms with Crippen LogP contribution in [0.1, 0.15) is 45.4 Å². The van der Waals surface area contributed by atoms with Gasteiger partial charge >= 0.3 is 10.3 Å². The maximum absolute atomic E-state index is 13.4. The van der Waals surface area contributed by atoms with Gasteiger partial charge in [0.1, 0.15) is 17.7 Å². The molecule has 1 fully saturated rings. The van der Waals surface area contributed by atoms with Crippen molar-refractivity contribution >= 4 is 44.8 Å². The third kappa shape index (κ3) is 6.09. The molecule has 0 radical (unpaired) electrons. The van der Waals surface area contributed by atoms with Crippen LogP contribution < -0.4 is 10.5 Å². The molecular weight excluding hydrogens is 528 g/mol. The molecule has 0 bridgehead atoms. The number of nitrogens with one attached hydrogen (secondary N) is 1. The van der Waals surface area contributed by atoms with E-state index in [0.717, 1.165) is 11.3 Å². The Labute approximate surface area is 217 Å². The van der Waals surface area contributed by atoms with Gasteiger partial charge in [-0.3, -0.25) is 8.98 Å². The molecule has 0 spiro atoms. The number of benzene rings is 1. The summed E-state index contributed by atoms with van der Waals surface area (Å²) in [5.74, 6) is -0.490. The van der Waals surface area contributed by atoms with Crippen molar-refractivity contribution in [1.29, 1.82) is 0 Å². The van der Waals surface area contributed by atoms with Crippen LogP contribution in [0, 0.1) is 5.92 Å². The molecule has 36 heavy (non-hydrogen) atoms. The average Bonchev–Trinajstić information content (AvgIpc) is 3.44. The lowest BCUT2D eigenvalue weighted by Gasteiger charge is -2.22. The first-order chi connectivity index (χ1) is 16.9. The molecule has 0 saturated heterocycles. The average molecular weight is 553 g/mol. The zero-order valence-corrected chi connectivity index (χ0v) is 21.6. The van der Waals surface area contributed by atoms with Gasteiger partial charge in [-0.25, -0.2) is 15.1 Å². The standard InChI is InChI=1S/C23H25ClN4O6S2/c1-23(31,14-3-2-4-15(24)8-14)20-6-5-19(35-20)21(30)17-10-26-12-27-22(17)28-16-7-13(18(29)9-16)11-34-36(25,32)33/h2-6,8,10,12-13,16,18,29,31H,7,9,11H2,1H3,(H2,25,32,33)(H,26,27,28)/t13-,16-,18+,23?/m1/s1. The fourth-order valence-electron chi connectivity index (χ4n) is 4.17. The highest BCUT2D eigenvalue weighted by atomic mass is 35.5. The highest BCUT2D eigenvalue weighted by Gasteiger charge is 2.35. The number of nitrogens with zero attached hydrogens (tertiary/aromatic N) is 2. The molecule has 1 aromatic carbocycles. The predicted molar refractivity (Wildman–Crippen MR) is 135 cm³/mol. The summed E-state index contributed by atoms with van der Waals surface area (Å²) in [6.45, 7) is 1.40. The minimum absolute atomic E-state index is 0.229. The van der Waals surface area contributed by atoms with Crippen molar-refractivity contribution in [2.75, 3.05) is 11.9 Å². The van der Waals surface area contributed by atoms with Crippen LogP contribution in [0.4, 0.5) is 5.82 Å². The Kier molecular flexibility index (Phi) is 7.76. The number of aliphatic hydroxyl groups excluding tert-OH is 1. The minimum atomic E-state index is -4.11. The predicted octanol–water partition coefficient (Wildman–Crippen LogP) is 2.45. The molecule has 1 unspecified atom stereocenters. The third-order valence-corrected chi connectivity index (χ3v) is 8.09. The molecule has 10 nitrogen and oxygen atoms in total. The van der Waals surface area contributed by atoms with Crippen molar-refractivity contribution < 1.29 is 27.6 Å². The van der Waals surface area contributed by atoms with Gasteiger partial charge in [0.25, 0.3) is 0 Å². The Morgan fingerprint density at radius 2 is 2.11 bits per heavy atom. The van der Waals surface area contributed by atoms with Gasteiger partial charge < -0.3 is 15.5 Å². The second kappa shape index (κ2) is 10.5. The normalized spacial score (nSPS) is 21.8. The first-order valence-corrected chi connectivity index (χ1v) is 13.7. The number of carbonyl (C=O) groups excluding carboxylic acids is 1. The fourth-order valence-corrected chi connectivity index (χ4v) is 5.76. The van der Waals surface area contributed by atoms with Crippen LogP contribution in [0.25, 0.3) is 0 Å². The van der Waals surface area contributed by atoms with Crippen molar-refractivity contribution in [3.8, 4) is 0 Å². The van der Waals surface area contributed by atoms with Crippen LogP contribution in [0.5, 0.6) is 0 Å². The molecule has 1 aliphatic rings. The molecule has 1 aliphatic carbocycles. The zero-order valence-electron chi connectivity index (χ0n) is 19.2. The Balaban J connectivity index is 1.50. The van der Waals surface area contributed by atoms with E-state index in [1.165, 1.54) is 12.5 Å². The van der Waals surface area contributed by atoms with Crippen LogP contribution in [0.3, 0.4) is 0 Å². The second-order valence-corrected chi connectivity index (χ2v) is 11.5. The Bertz CT molecular complexity index is 1360. The first kappa shape index (κ1) is 26.6. The second-order valence-electron chi connectivity index (χ2n) is 8.78. The topological polar surface area (TPSA) is 165 Å². The Morgan fingerprint density at radius 1 is 1.33 bits per heavy atom. The maximum atomic E-state index is 13.4. The van der Waals surface area contributed by atoms with Gasteiger partial charge in [0.2, 0.25) is 5.78 Å². The van der Waals surface area contributed by atoms with E-state index in [-0.39, 0.29) is 29.8 Å². The van der Waals surface area contributed by atoms with E-state index in [9.17, 15) is 23.4 Å². The van der Waals surface area contributed by atoms with E-state index < -0.39 is 27.9 Å². The summed E-state index contributed by atoms with van der Waals surface area (Å²) < 4.78 is 26.8. The molecule has 3 aromatic rings. The van der Waals surface area contributed by atoms with Crippen molar-refractivity contribution in [2.24, 2.45) is 11.1 Å². The van der Waals surface area contributed by atoms with E-state index in [0.29, 0.717) is 33.2 Å². The largest absolute Gasteiger partial charge is 0.393 e. The smallest absolute Gasteiger partial charge is 0.333 e. The van der Waals surface area contributed by atoms with Gasteiger partial charge in [-0.2, -0.15) is 8.42 Å². The number of thiophene rings is 1. The van der Waals surface area contributed by atoms with Gasteiger partial charge in [0, 0.05) is 28.1 Å². The number of hydrogen-bond donors (Lipinski definition) is 4. The molecule has 0 aliphatic heterocycles. The minimum Gasteiger partial charge on any atom is -0.393 e. The number of carbonyl (C=O) groups is 1. The molecule has 2 heterocycles. The number of ketones is 1. The number of halogens is 1. The Morgan fingerprint density at radius 3 is 2.83 bits per heavy atom. The molecule has 0 amide bonds. The van der Waals surface area contributed by atoms with Crippen molar-refractivity contribution in [3.05, 3.63) is 74.8 Å². The number of aromatic nitrogens is 2. The highest BCUT2D eigenvalue weighted by Crippen LogP contribution is 2.36. The number of rotatable bonds is 9. The number of nitrogens with two attached hydrogens (primary N) is 1. The summed E-state index contributed by atoms with van der Waals surface area (Å²) in [7, 11) is -4.11. The van der Waals surface area contributed by atoms with E-state index >= 15 is 0 Å². The van der Waals surface area contributed by atoms with Crippen molar-refractivity contribution in [2.45, 2.75) is 37.5 Å². The third-order valence-electron chi connectivity index (χ3n) is 6.10. The molecular formula is C23H25ClN4O6S2. The highest BCUT2D eigenvalue weighted by molar-refractivity contribution is 7.84. The van der Waals surface area contributed by atoms with Crippen LogP contribution in [-0.2, 0) is 20.1 Å². The lowest BCUT2D eigenvalue weighted by molar-refractivity contribution is 0.101. The van der Waals surface area contributed by atoms with Crippen LogP contribution in [-0.4, -0.2) is 53.1 Å². The van der Waals surface area contributed by atoms with E-state index in [1.54, 1.807) is 43.3 Å². The Hall–Kier alpha value is -2.45. The lowest BCUT2D eigenvalue weighted by Crippen LogP contribution is -2.24. The molecule has 13 heteroatoms. The fraction of sp³-hybridized carbons (Fsp3) is 0.348. The van der Waals surface area contributed by atoms with Gasteiger partial charge in [0.05, 0.1) is 23.2 Å². The molecule has 5 N–H and O–H groups in total. The summed E-state index contributed by atoms with van der Waals surface area (Å²) >= 11 is 7.23. The van der Waals surface area contributed by atoms with Crippen LogP contribution in [0.2, 0.25) is 5.02 Å². The molecule has 4 rings (SSSR count). The molecule has 4 atom stereocenters. The monoisotopic (exact) mass is 552 g/mol. The summed E-state index contributed by atoms with van der Waals surface area (Å²) in [5.41, 5.74) is -0.523. The first-order valence-electron chi connectivity index (χ1n) is 11.0. The van der Waals surface area contributed by atoms with Gasteiger partial charge in [0.15, 0.2) is 0 Å². The maximum Gasteiger partial charge on any atom is 0.333 e. The number of aliphatic hydroxyl groups is 2. The number of hydrogen-bond acceptors (Lipinski definition) is 10. The summed E-state index contributed by atoms with van der Waals surface area (Å²) in [4.78, 5) is 22.5. The van der Waals surface area contributed by atoms with Crippen LogP contribution >= 0.6 is 22.9 Å². The van der Waals surface area contributed by atoms with Crippen molar-refractivity contribution in [1.82, 2.24) is 9.97 Å². The van der Waals surface area contributed by atoms with E-state index in [4.69, 9.17) is 16.7 Å². The molecule has 1 saturated carbocycles. The van der Waals surface area contributed by atoms with E-state index in [1.807, 2.05) is 0 Å². The van der Waals surface area contributed by atoms with E-state index in [2.05, 4.69) is 19.5 Å². The van der Waals surface area contributed by atoms with Gasteiger partial charge in [-0.1, -0.05) is 23.7 Å². The zero-order chi connectivity index (χ0) is 26.1. The van der Waals surface area contributed by atoms with Gasteiger partial charge in [-0.05, 0) is 49.6 Å². The van der Waals surface area contributed by atoms with Crippen molar-refractivity contribution in [3.63, 3.8) is 0 Å². The molecule has 192 valence electrons. The summed E-state index contributed by atoms with van der Waals surface area (Å²) in [6, 6.07) is 9.95. The quantitative estimate of drug-likeness (QED) is 0.292. The van der Waals surface area contributed by atoms with Gasteiger partial charge in [-0.15, -0.1) is 11.3 Å². The van der Waals surface area contributed by atoms with Crippen LogP contribution in [0.15, 0.2) is 48.9 Å². The number of anilines is 1.